The van der Waals surface area contributed by atoms with Crippen LogP contribution in [0.25, 0.3) is 39.7 Å². The average Bonchev–Trinajstić information content (AvgIpc) is 3.32. The van der Waals surface area contributed by atoms with Crippen LogP contribution in [0.3, 0.4) is 0 Å². The van der Waals surface area contributed by atoms with Crippen LogP contribution < -0.4 is 5.01 Å². The second-order valence-electron chi connectivity index (χ2n) is 9.46. The molecule has 0 amide bonds. The van der Waals surface area contributed by atoms with Gasteiger partial charge in [0.15, 0.2) is 0 Å². The van der Waals surface area contributed by atoms with Crippen molar-refractivity contribution in [1.82, 2.24) is 4.57 Å². The molecular formula is C36H29N3. The zero-order valence-corrected chi connectivity index (χ0v) is 21.9. The van der Waals surface area contributed by atoms with E-state index < -0.39 is 0 Å². The van der Waals surface area contributed by atoms with Gasteiger partial charge in [-0.15, -0.1) is 0 Å². The first-order valence-electron chi connectivity index (χ1n) is 13.1. The van der Waals surface area contributed by atoms with Crippen LogP contribution in [0, 0.1) is 0 Å². The fraction of sp³-hybridized carbons (Fsp3) is 0.0278. The normalized spacial score (nSPS) is 12.2. The summed E-state index contributed by atoms with van der Waals surface area (Å²) >= 11 is 0. The summed E-state index contributed by atoms with van der Waals surface area (Å²) < 4.78 is 2.30. The number of nitrogens with zero attached hydrogens (tertiary/aromatic N) is 3. The summed E-state index contributed by atoms with van der Waals surface area (Å²) in [6.45, 7) is 0. The van der Waals surface area contributed by atoms with Gasteiger partial charge in [-0.2, -0.15) is 5.10 Å². The van der Waals surface area contributed by atoms with Gasteiger partial charge in [-0.3, -0.25) is 5.01 Å². The van der Waals surface area contributed by atoms with Crippen molar-refractivity contribution in [3.05, 3.63) is 156 Å². The van der Waals surface area contributed by atoms with Gasteiger partial charge in [0.1, 0.15) is 0 Å². The maximum absolute atomic E-state index is 4.68. The van der Waals surface area contributed by atoms with Crippen LogP contribution in [0.5, 0.6) is 0 Å². The molecule has 0 N–H and O–H groups in total. The maximum atomic E-state index is 4.68. The molecule has 0 aliphatic heterocycles. The highest BCUT2D eigenvalue weighted by atomic mass is 15.4. The lowest BCUT2D eigenvalue weighted by Crippen LogP contribution is -2.08. The third-order valence-electron chi connectivity index (χ3n) is 6.87. The van der Waals surface area contributed by atoms with Crippen LogP contribution in [0.1, 0.15) is 16.7 Å². The molecular weight excluding hydrogens is 474 g/mol. The average molecular weight is 504 g/mol. The predicted octanol–water partition coefficient (Wildman–Crippen LogP) is 8.98. The number of aromatic nitrogens is 1. The molecule has 188 valence electrons. The zero-order valence-electron chi connectivity index (χ0n) is 21.9. The smallest absolute Gasteiger partial charge is 0.0590 e. The van der Waals surface area contributed by atoms with E-state index in [9.17, 15) is 0 Å². The Morgan fingerprint density at radius 2 is 1.28 bits per heavy atom. The minimum atomic E-state index is 1.05. The molecule has 3 heteroatoms. The Bertz CT molecular complexity index is 1790. The van der Waals surface area contributed by atoms with E-state index >= 15 is 0 Å². The number of fused-ring (bicyclic) bond motifs is 3. The standard InChI is InChI=1S/C36H29N3/c1-38(32-17-9-4-10-18-32)37-26-29-22-24-36-34(25-29)33-19-11-12-20-35(33)39(36)27-31(30-15-7-3-8-16-30)23-21-28-13-5-2-6-14-28/h2-27H,1H3/b23-21-,31-27+,37-26+. The lowest BCUT2D eigenvalue weighted by atomic mass is 10.1. The van der Waals surface area contributed by atoms with Gasteiger partial charge >= 0.3 is 0 Å². The van der Waals surface area contributed by atoms with Crippen LogP contribution in [0.15, 0.2) is 145 Å². The summed E-state index contributed by atoms with van der Waals surface area (Å²) in [5.74, 6) is 0. The molecule has 1 heterocycles. The fourth-order valence-corrected chi connectivity index (χ4v) is 4.84. The summed E-state index contributed by atoms with van der Waals surface area (Å²) in [6, 6.07) is 46.3. The van der Waals surface area contributed by atoms with Crippen LogP contribution >= 0.6 is 0 Å². The summed E-state index contributed by atoms with van der Waals surface area (Å²) in [5, 5.41) is 8.99. The molecule has 0 aliphatic rings. The van der Waals surface area contributed by atoms with Gasteiger partial charge in [-0.25, -0.2) is 0 Å². The van der Waals surface area contributed by atoms with Crippen molar-refractivity contribution >= 4 is 51.6 Å². The molecule has 6 aromatic rings. The Balaban J connectivity index is 1.44. The number of anilines is 1. The predicted molar refractivity (Wildman–Crippen MR) is 168 cm³/mol. The second-order valence-corrected chi connectivity index (χ2v) is 9.46. The van der Waals surface area contributed by atoms with Gasteiger partial charge in [-0.1, -0.05) is 115 Å². The molecule has 5 aromatic carbocycles. The first-order valence-corrected chi connectivity index (χ1v) is 13.1. The Morgan fingerprint density at radius 3 is 2.05 bits per heavy atom. The number of hydrazone groups is 1. The van der Waals surface area contributed by atoms with E-state index in [1.807, 2.05) is 42.5 Å². The lowest BCUT2D eigenvalue weighted by Gasteiger charge is -2.12. The van der Waals surface area contributed by atoms with Crippen molar-refractivity contribution in [3.63, 3.8) is 0 Å². The molecule has 6 rings (SSSR count). The fourth-order valence-electron chi connectivity index (χ4n) is 4.84. The molecule has 0 bridgehead atoms. The molecule has 0 spiro atoms. The topological polar surface area (TPSA) is 20.5 Å². The van der Waals surface area contributed by atoms with E-state index in [1.165, 1.54) is 27.4 Å². The summed E-state index contributed by atoms with van der Waals surface area (Å²) in [4.78, 5) is 0. The number of benzene rings is 5. The van der Waals surface area contributed by atoms with Crippen molar-refractivity contribution in [2.24, 2.45) is 5.10 Å². The minimum absolute atomic E-state index is 1.05. The van der Waals surface area contributed by atoms with Gasteiger partial charge < -0.3 is 4.57 Å². The number of hydrogen-bond donors (Lipinski definition) is 0. The van der Waals surface area contributed by atoms with E-state index in [4.69, 9.17) is 0 Å². The van der Waals surface area contributed by atoms with Crippen LogP contribution in [0.4, 0.5) is 5.69 Å². The van der Waals surface area contributed by atoms with Crippen molar-refractivity contribution in [3.8, 4) is 0 Å². The first-order chi connectivity index (χ1) is 19.3. The highest BCUT2D eigenvalue weighted by Gasteiger charge is 2.11. The molecule has 0 fully saturated rings. The Morgan fingerprint density at radius 1 is 0.641 bits per heavy atom. The van der Waals surface area contributed by atoms with Gasteiger partial charge in [-0.05, 0) is 52.6 Å². The highest BCUT2D eigenvalue weighted by molar-refractivity contribution is 6.11. The van der Waals surface area contributed by atoms with Crippen molar-refractivity contribution in [2.45, 2.75) is 0 Å². The third-order valence-corrected chi connectivity index (χ3v) is 6.87. The van der Waals surface area contributed by atoms with Gasteiger partial charge in [0.2, 0.25) is 0 Å². The monoisotopic (exact) mass is 503 g/mol. The summed E-state index contributed by atoms with van der Waals surface area (Å²) in [6.07, 6.45) is 8.54. The molecule has 0 saturated carbocycles. The first kappa shape index (κ1) is 24.2. The van der Waals surface area contributed by atoms with Crippen LogP contribution in [-0.4, -0.2) is 17.8 Å². The maximum Gasteiger partial charge on any atom is 0.0590 e. The zero-order chi connectivity index (χ0) is 26.4. The van der Waals surface area contributed by atoms with Gasteiger partial charge in [0.05, 0.1) is 22.9 Å². The molecule has 3 nitrogen and oxygen atoms in total. The van der Waals surface area contributed by atoms with Crippen molar-refractivity contribution < 1.29 is 0 Å². The molecule has 0 radical (unpaired) electrons. The Hall–Kier alpha value is -5.15. The number of rotatable bonds is 7. The summed E-state index contributed by atoms with van der Waals surface area (Å²) in [5.41, 5.74) is 7.92. The number of hydrogen-bond acceptors (Lipinski definition) is 2. The Kier molecular flexibility index (Phi) is 6.87. The Labute approximate surface area is 229 Å². The minimum Gasteiger partial charge on any atom is -0.315 e. The SMILES string of the molecule is CN(/N=C/c1ccc2c(c1)c1ccccc1n2/C=C(\C=C/c1ccccc1)c1ccccc1)c1ccccc1. The molecule has 1 aromatic heterocycles. The van der Waals surface area contributed by atoms with E-state index in [2.05, 4.69) is 137 Å². The molecule has 39 heavy (non-hydrogen) atoms. The third kappa shape index (κ3) is 5.29. The van der Waals surface area contributed by atoms with Gasteiger partial charge in [0.25, 0.3) is 0 Å². The van der Waals surface area contributed by atoms with Gasteiger partial charge in [0, 0.05) is 24.0 Å². The van der Waals surface area contributed by atoms with E-state index in [1.54, 1.807) is 0 Å². The number of allylic oxidation sites excluding steroid dienone is 2. The quantitative estimate of drug-likeness (QED) is 0.121. The molecule has 0 atom stereocenters. The lowest BCUT2D eigenvalue weighted by molar-refractivity contribution is 1.02. The van der Waals surface area contributed by atoms with Crippen molar-refractivity contribution in [1.29, 1.82) is 0 Å². The highest BCUT2D eigenvalue weighted by Crippen LogP contribution is 2.32. The van der Waals surface area contributed by atoms with Crippen LogP contribution in [0.2, 0.25) is 0 Å². The molecule has 0 aliphatic carbocycles. The van der Waals surface area contributed by atoms with E-state index in [0.717, 1.165) is 22.3 Å². The molecule has 0 saturated heterocycles. The van der Waals surface area contributed by atoms with Crippen LogP contribution in [-0.2, 0) is 0 Å². The van der Waals surface area contributed by atoms with E-state index in [-0.39, 0.29) is 0 Å². The number of para-hydroxylation sites is 2. The van der Waals surface area contributed by atoms with E-state index in [0.29, 0.717) is 0 Å². The van der Waals surface area contributed by atoms with Crippen molar-refractivity contribution in [2.75, 3.05) is 12.1 Å². The second kappa shape index (κ2) is 11.1. The largest absolute Gasteiger partial charge is 0.315 e. The molecule has 0 unspecified atom stereocenters. The summed E-state index contributed by atoms with van der Waals surface area (Å²) in [7, 11) is 1.97.